The van der Waals surface area contributed by atoms with Gasteiger partial charge in [-0.2, -0.15) is 0 Å². The Hall–Kier alpha value is -2.36. The molecule has 0 aliphatic heterocycles. The van der Waals surface area contributed by atoms with E-state index in [2.05, 4.69) is 29.0 Å². The molecule has 20 heavy (non-hydrogen) atoms. The van der Waals surface area contributed by atoms with Crippen LogP contribution in [0.2, 0.25) is 0 Å². The molecule has 0 fully saturated rings. The SMILES string of the molecule is CCCCn1cnc(-c2cncc3ccccc23)c1N. The molecule has 0 amide bonds. The number of anilines is 1. The average molecular weight is 266 g/mol. The molecule has 0 saturated carbocycles. The van der Waals surface area contributed by atoms with Gasteiger partial charge in [0.1, 0.15) is 11.5 Å². The largest absolute Gasteiger partial charge is 0.383 e. The maximum Gasteiger partial charge on any atom is 0.131 e. The molecule has 0 bridgehead atoms. The molecule has 0 unspecified atom stereocenters. The molecule has 2 heterocycles. The second-order valence-electron chi connectivity index (χ2n) is 4.93. The Morgan fingerprint density at radius 3 is 2.90 bits per heavy atom. The number of hydrogen-bond donors (Lipinski definition) is 1. The second-order valence-corrected chi connectivity index (χ2v) is 4.93. The van der Waals surface area contributed by atoms with Crippen molar-refractivity contribution < 1.29 is 0 Å². The number of aryl methyl sites for hydroxylation is 1. The number of benzene rings is 1. The summed E-state index contributed by atoms with van der Waals surface area (Å²) in [6.07, 6.45) is 7.77. The molecular formula is C16H18N4. The molecule has 4 nitrogen and oxygen atoms in total. The van der Waals surface area contributed by atoms with Crippen LogP contribution in [-0.2, 0) is 6.54 Å². The van der Waals surface area contributed by atoms with E-state index in [-0.39, 0.29) is 0 Å². The van der Waals surface area contributed by atoms with Gasteiger partial charge >= 0.3 is 0 Å². The molecule has 0 saturated heterocycles. The summed E-state index contributed by atoms with van der Waals surface area (Å²) in [7, 11) is 0. The van der Waals surface area contributed by atoms with E-state index in [4.69, 9.17) is 5.73 Å². The zero-order chi connectivity index (χ0) is 13.9. The zero-order valence-corrected chi connectivity index (χ0v) is 11.6. The van der Waals surface area contributed by atoms with Crippen LogP contribution in [0.4, 0.5) is 5.82 Å². The van der Waals surface area contributed by atoms with Crippen LogP contribution in [0, 0.1) is 0 Å². The lowest BCUT2D eigenvalue weighted by molar-refractivity contribution is 0.637. The lowest BCUT2D eigenvalue weighted by Crippen LogP contribution is -2.02. The molecule has 1 aromatic carbocycles. The molecule has 0 radical (unpaired) electrons. The third kappa shape index (κ3) is 2.13. The van der Waals surface area contributed by atoms with E-state index in [0.717, 1.165) is 47.2 Å². The number of nitrogen functional groups attached to an aromatic ring is 1. The lowest BCUT2D eigenvalue weighted by atomic mass is 10.1. The van der Waals surface area contributed by atoms with Crippen LogP contribution in [0.25, 0.3) is 22.0 Å². The van der Waals surface area contributed by atoms with Gasteiger partial charge in [-0.3, -0.25) is 4.98 Å². The van der Waals surface area contributed by atoms with Gasteiger partial charge in [0.05, 0.1) is 6.33 Å². The van der Waals surface area contributed by atoms with E-state index >= 15 is 0 Å². The summed E-state index contributed by atoms with van der Waals surface area (Å²) in [6.45, 7) is 3.08. The lowest BCUT2D eigenvalue weighted by Gasteiger charge is -2.06. The van der Waals surface area contributed by atoms with E-state index in [9.17, 15) is 0 Å². The molecule has 0 aliphatic carbocycles. The Kier molecular flexibility index (Phi) is 3.37. The molecule has 102 valence electrons. The number of nitrogens with two attached hydrogens (primary N) is 1. The van der Waals surface area contributed by atoms with Crippen molar-refractivity contribution in [3.8, 4) is 11.3 Å². The van der Waals surface area contributed by atoms with Crippen molar-refractivity contribution in [2.75, 3.05) is 5.73 Å². The highest BCUT2D eigenvalue weighted by Gasteiger charge is 2.12. The molecule has 2 N–H and O–H groups in total. The van der Waals surface area contributed by atoms with Gasteiger partial charge in [-0.1, -0.05) is 37.6 Å². The van der Waals surface area contributed by atoms with Gasteiger partial charge in [0, 0.05) is 29.9 Å². The van der Waals surface area contributed by atoms with Gasteiger partial charge in [-0.05, 0) is 11.8 Å². The van der Waals surface area contributed by atoms with Crippen molar-refractivity contribution in [3.05, 3.63) is 43.0 Å². The number of rotatable bonds is 4. The summed E-state index contributed by atoms with van der Waals surface area (Å²) in [4.78, 5) is 8.78. The Morgan fingerprint density at radius 2 is 2.05 bits per heavy atom. The number of unbranched alkanes of at least 4 members (excludes halogenated alkanes) is 1. The van der Waals surface area contributed by atoms with Gasteiger partial charge in [0.25, 0.3) is 0 Å². The summed E-state index contributed by atoms with van der Waals surface area (Å²) in [5.41, 5.74) is 8.06. The average Bonchev–Trinajstić information content (AvgIpc) is 2.85. The maximum absolute atomic E-state index is 6.24. The summed E-state index contributed by atoms with van der Waals surface area (Å²) in [6, 6.07) is 8.17. The van der Waals surface area contributed by atoms with Gasteiger partial charge in [-0.15, -0.1) is 0 Å². The minimum absolute atomic E-state index is 0.719. The third-order valence-corrected chi connectivity index (χ3v) is 3.55. The quantitative estimate of drug-likeness (QED) is 0.786. The van der Waals surface area contributed by atoms with Crippen molar-refractivity contribution in [2.24, 2.45) is 0 Å². The molecular weight excluding hydrogens is 248 g/mol. The number of fused-ring (bicyclic) bond motifs is 1. The number of pyridine rings is 1. The predicted molar refractivity (Wildman–Crippen MR) is 82.3 cm³/mol. The van der Waals surface area contributed by atoms with Gasteiger partial charge in [0.2, 0.25) is 0 Å². The molecule has 0 aliphatic rings. The minimum atomic E-state index is 0.719. The van der Waals surface area contributed by atoms with Crippen molar-refractivity contribution in [1.82, 2.24) is 14.5 Å². The molecule has 4 heteroatoms. The topological polar surface area (TPSA) is 56.7 Å². The first-order chi connectivity index (χ1) is 9.81. The fourth-order valence-electron chi connectivity index (χ4n) is 2.41. The highest BCUT2D eigenvalue weighted by molar-refractivity contribution is 5.96. The number of imidazole rings is 1. The smallest absolute Gasteiger partial charge is 0.131 e. The highest BCUT2D eigenvalue weighted by atomic mass is 15.1. The summed E-state index contributed by atoms with van der Waals surface area (Å²) in [5.74, 6) is 0.719. The maximum atomic E-state index is 6.24. The van der Waals surface area contributed by atoms with E-state index in [1.807, 2.05) is 35.4 Å². The monoisotopic (exact) mass is 266 g/mol. The molecule has 3 rings (SSSR count). The Morgan fingerprint density at radius 1 is 1.20 bits per heavy atom. The van der Waals surface area contributed by atoms with Crippen LogP contribution in [0.15, 0.2) is 43.0 Å². The normalized spacial score (nSPS) is 11.1. The molecule has 0 atom stereocenters. The summed E-state index contributed by atoms with van der Waals surface area (Å²) in [5, 5.41) is 2.24. The zero-order valence-electron chi connectivity index (χ0n) is 11.6. The number of hydrogen-bond acceptors (Lipinski definition) is 3. The summed E-state index contributed by atoms with van der Waals surface area (Å²) < 4.78 is 2.01. The Labute approximate surface area is 118 Å². The van der Waals surface area contributed by atoms with E-state index < -0.39 is 0 Å². The summed E-state index contributed by atoms with van der Waals surface area (Å²) >= 11 is 0. The first-order valence-corrected chi connectivity index (χ1v) is 6.95. The van der Waals surface area contributed by atoms with Gasteiger partial charge in [-0.25, -0.2) is 4.98 Å². The van der Waals surface area contributed by atoms with Crippen LogP contribution in [0.1, 0.15) is 19.8 Å². The van der Waals surface area contributed by atoms with Crippen LogP contribution < -0.4 is 5.73 Å². The third-order valence-electron chi connectivity index (χ3n) is 3.55. The first kappa shape index (κ1) is 12.7. The van der Waals surface area contributed by atoms with Crippen molar-refractivity contribution >= 4 is 16.6 Å². The van der Waals surface area contributed by atoms with E-state index in [1.165, 1.54) is 0 Å². The first-order valence-electron chi connectivity index (χ1n) is 6.95. The highest BCUT2D eigenvalue weighted by Crippen LogP contribution is 2.30. The van der Waals surface area contributed by atoms with E-state index in [0.29, 0.717) is 0 Å². The fraction of sp³-hybridized carbons (Fsp3) is 0.250. The van der Waals surface area contributed by atoms with Crippen molar-refractivity contribution in [2.45, 2.75) is 26.3 Å². The number of nitrogens with zero attached hydrogens (tertiary/aromatic N) is 3. The van der Waals surface area contributed by atoms with Crippen LogP contribution in [-0.4, -0.2) is 14.5 Å². The van der Waals surface area contributed by atoms with E-state index in [1.54, 1.807) is 0 Å². The fourth-order valence-corrected chi connectivity index (χ4v) is 2.41. The van der Waals surface area contributed by atoms with Gasteiger partial charge in [0.15, 0.2) is 0 Å². The standard InChI is InChI=1S/C16H18N4/c1-2-3-8-20-11-19-15(16(20)17)14-10-18-9-12-6-4-5-7-13(12)14/h4-7,9-11H,2-3,8,17H2,1H3. The van der Waals surface area contributed by atoms with Gasteiger partial charge < -0.3 is 10.3 Å². The second kappa shape index (κ2) is 5.33. The molecule has 3 aromatic rings. The Balaban J connectivity index is 2.09. The van der Waals surface area contributed by atoms with Crippen LogP contribution in [0.5, 0.6) is 0 Å². The minimum Gasteiger partial charge on any atom is -0.383 e. The molecule has 0 spiro atoms. The van der Waals surface area contributed by atoms with Crippen molar-refractivity contribution in [3.63, 3.8) is 0 Å². The predicted octanol–water partition coefficient (Wildman–Crippen LogP) is 3.48. The van der Waals surface area contributed by atoms with Crippen LogP contribution >= 0.6 is 0 Å². The number of aromatic nitrogens is 3. The Bertz CT molecular complexity index is 725. The van der Waals surface area contributed by atoms with Crippen LogP contribution in [0.3, 0.4) is 0 Å². The van der Waals surface area contributed by atoms with Crippen molar-refractivity contribution in [1.29, 1.82) is 0 Å². The molecule has 2 aromatic heterocycles.